The number of cyclic esters (lactones) is 1. The molecule has 0 aliphatic carbocycles. The van der Waals surface area contributed by atoms with Crippen LogP contribution in [0.25, 0.3) is 5.57 Å². The monoisotopic (exact) mass is 292 g/mol. The summed E-state index contributed by atoms with van der Waals surface area (Å²) in [7, 11) is 0. The first kappa shape index (κ1) is 14.6. The van der Waals surface area contributed by atoms with Crippen LogP contribution in [0.4, 0.5) is 0 Å². The number of ether oxygens (including phenoxy) is 1. The summed E-state index contributed by atoms with van der Waals surface area (Å²) in [5, 5.41) is 0. The van der Waals surface area contributed by atoms with Crippen molar-refractivity contribution in [3.63, 3.8) is 0 Å². The van der Waals surface area contributed by atoms with Crippen molar-refractivity contribution in [3.8, 4) is 0 Å². The average Bonchev–Trinajstić information content (AvgIpc) is 2.91. The predicted octanol–water partition coefficient (Wildman–Crippen LogP) is 4.36. The molecule has 0 radical (unpaired) electrons. The van der Waals surface area contributed by atoms with Crippen molar-refractivity contribution in [3.05, 3.63) is 75.9 Å². The topological polar surface area (TPSA) is 26.3 Å². The van der Waals surface area contributed by atoms with Gasteiger partial charge < -0.3 is 4.74 Å². The van der Waals surface area contributed by atoms with Gasteiger partial charge in [0.25, 0.3) is 0 Å². The van der Waals surface area contributed by atoms with Crippen molar-refractivity contribution in [1.29, 1.82) is 0 Å². The second-order valence-corrected chi connectivity index (χ2v) is 5.90. The van der Waals surface area contributed by atoms with Crippen LogP contribution in [0, 0.1) is 20.8 Å². The standard InChI is InChI=1S/C20H20O2/c1-13-4-7-16(8-5-13)19(18-10-11-22-20(18)21)17-9-6-14(2)15(3)12-17/h4-9,12H,10-11H2,1-3H3/b19-18-. The first-order valence-corrected chi connectivity index (χ1v) is 7.61. The largest absolute Gasteiger partial charge is 0.462 e. The quantitative estimate of drug-likeness (QED) is 0.607. The molecule has 112 valence electrons. The Bertz CT molecular complexity index is 752. The molecule has 0 atom stereocenters. The van der Waals surface area contributed by atoms with Crippen molar-refractivity contribution >= 4 is 11.5 Å². The average molecular weight is 292 g/mol. The Kier molecular flexibility index (Phi) is 3.84. The fourth-order valence-electron chi connectivity index (χ4n) is 2.79. The number of aryl methyl sites for hydroxylation is 3. The Morgan fingerprint density at radius 3 is 2.18 bits per heavy atom. The minimum atomic E-state index is -0.186. The van der Waals surface area contributed by atoms with Crippen LogP contribution in [-0.2, 0) is 9.53 Å². The SMILES string of the molecule is Cc1ccc(/C(=C2\CCOC2=O)c2ccc(C)c(C)c2)cc1. The minimum Gasteiger partial charge on any atom is -0.462 e. The molecule has 2 nitrogen and oxygen atoms in total. The van der Waals surface area contributed by atoms with Crippen molar-refractivity contribution in [2.24, 2.45) is 0 Å². The van der Waals surface area contributed by atoms with Gasteiger partial charge >= 0.3 is 5.97 Å². The lowest BCUT2D eigenvalue weighted by Crippen LogP contribution is -2.01. The summed E-state index contributed by atoms with van der Waals surface area (Å²) < 4.78 is 5.17. The number of esters is 1. The molecule has 2 aromatic carbocycles. The molecular weight excluding hydrogens is 272 g/mol. The second-order valence-electron chi connectivity index (χ2n) is 5.90. The Morgan fingerprint density at radius 1 is 0.909 bits per heavy atom. The van der Waals surface area contributed by atoms with Crippen LogP contribution in [0.5, 0.6) is 0 Å². The van der Waals surface area contributed by atoms with Gasteiger partial charge in [-0.25, -0.2) is 4.79 Å². The van der Waals surface area contributed by atoms with E-state index in [1.54, 1.807) is 0 Å². The van der Waals surface area contributed by atoms with E-state index >= 15 is 0 Å². The number of carbonyl (C=O) groups excluding carboxylic acids is 1. The van der Waals surface area contributed by atoms with E-state index in [1.165, 1.54) is 16.7 Å². The highest BCUT2D eigenvalue weighted by Crippen LogP contribution is 2.32. The van der Waals surface area contributed by atoms with E-state index in [2.05, 4.69) is 63.2 Å². The molecule has 1 aliphatic rings. The van der Waals surface area contributed by atoms with Crippen LogP contribution in [0.3, 0.4) is 0 Å². The predicted molar refractivity (Wildman–Crippen MR) is 88.7 cm³/mol. The number of benzene rings is 2. The molecule has 0 spiro atoms. The third-order valence-corrected chi connectivity index (χ3v) is 4.27. The second kappa shape index (κ2) is 5.80. The van der Waals surface area contributed by atoms with Crippen LogP contribution in [0.1, 0.15) is 34.2 Å². The molecule has 0 bridgehead atoms. The van der Waals surface area contributed by atoms with Crippen LogP contribution >= 0.6 is 0 Å². The summed E-state index contributed by atoms with van der Waals surface area (Å²) in [6.45, 7) is 6.75. The zero-order valence-electron chi connectivity index (χ0n) is 13.3. The van der Waals surface area contributed by atoms with Gasteiger partial charge in [-0.05, 0) is 48.6 Å². The molecule has 3 rings (SSSR count). The summed E-state index contributed by atoms with van der Waals surface area (Å²) >= 11 is 0. The summed E-state index contributed by atoms with van der Waals surface area (Å²) in [5.74, 6) is -0.186. The highest BCUT2D eigenvalue weighted by molar-refractivity contribution is 6.03. The lowest BCUT2D eigenvalue weighted by atomic mass is 9.90. The highest BCUT2D eigenvalue weighted by Gasteiger charge is 2.24. The minimum absolute atomic E-state index is 0.186. The van der Waals surface area contributed by atoms with Gasteiger partial charge in [-0.2, -0.15) is 0 Å². The third kappa shape index (κ3) is 2.69. The molecule has 1 saturated heterocycles. The molecular formula is C20H20O2. The maximum atomic E-state index is 12.1. The normalized spacial score (nSPS) is 16.6. The van der Waals surface area contributed by atoms with E-state index in [-0.39, 0.29) is 5.97 Å². The smallest absolute Gasteiger partial charge is 0.334 e. The first-order valence-electron chi connectivity index (χ1n) is 7.61. The molecule has 0 aromatic heterocycles. The highest BCUT2D eigenvalue weighted by atomic mass is 16.5. The van der Waals surface area contributed by atoms with Gasteiger partial charge in [0.2, 0.25) is 0 Å². The molecule has 2 aromatic rings. The molecule has 22 heavy (non-hydrogen) atoms. The molecule has 0 saturated carbocycles. The van der Waals surface area contributed by atoms with Gasteiger partial charge in [0.15, 0.2) is 0 Å². The van der Waals surface area contributed by atoms with E-state index in [4.69, 9.17) is 4.74 Å². The number of rotatable bonds is 2. The summed E-state index contributed by atoms with van der Waals surface area (Å²) in [6, 6.07) is 14.7. The molecule has 1 fully saturated rings. The third-order valence-electron chi connectivity index (χ3n) is 4.27. The van der Waals surface area contributed by atoms with E-state index in [0.717, 1.165) is 22.3 Å². The zero-order valence-corrected chi connectivity index (χ0v) is 13.3. The lowest BCUT2D eigenvalue weighted by molar-refractivity contribution is -0.135. The molecule has 2 heteroatoms. The van der Waals surface area contributed by atoms with E-state index in [1.807, 2.05) is 0 Å². The van der Waals surface area contributed by atoms with E-state index in [0.29, 0.717) is 13.0 Å². The van der Waals surface area contributed by atoms with Gasteiger partial charge in [-0.15, -0.1) is 0 Å². The van der Waals surface area contributed by atoms with Gasteiger partial charge in [0.1, 0.15) is 0 Å². The fourth-order valence-corrected chi connectivity index (χ4v) is 2.79. The van der Waals surface area contributed by atoms with Crippen molar-refractivity contribution < 1.29 is 9.53 Å². The van der Waals surface area contributed by atoms with Crippen LogP contribution < -0.4 is 0 Å². The number of hydrogen-bond donors (Lipinski definition) is 0. The Morgan fingerprint density at radius 2 is 1.59 bits per heavy atom. The van der Waals surface area contributed by atoms with Crippen LogP contribution in [0.2, 0.25) is 0 Å². The lowest BCUT2D eigenvalue weighted by Gasteiger charge is -2.13. The van der Waals surface area contributed by atoms with Crippen molar-refractivity contribution in [1.82, 2.24) is 0 Å². The maximum Gasteiger partial charge on any atom is 0.334 e. The molecule has 1 heterocycles. The number of hydrogen-bond acceptors (Lipinski definition) is 2. The summed E-state index contributed by atoms with van der Waals surface area (Å²) in [4.78, 5) is 12.1. The van der Waals surface area contributed by atoms with Gasteiger partial charge in [0, 0.05) is 12.0 Å². The van der Waals surface area contributed by atoms with Crippen LogP contribution in [-0.4, -0.2) is 12.6 Å². The van der Waals surface area contributed by atoms with Crippen molar-refractivity contribution in [2.75, 3.05) is 6.61 Å². The first-order chi connectivity index (χ1) is 10.6. The van der Waals surface area contributed by atoms with Gasteiger partial charge in [-0.3, -0.25) is 0 Å². The fraction of sp³-hybridized carbons (Fsp3) is 0.250. The zero-order chi connectivity index (χ0) is 15.7. The summed E-state index contributed by atoms with van der Waals surface area (Å²) in [5.41, 5.74) is 7.64. The van der Waals surface area contributed by atoms with Crippen LogP contribution in [0.15, 0.2) is 48.0 Å². The van der Waals surface area contributed by atoms with Gasteiger partial charge in [-0.1, -0.05) is 48.0 Å². The molecule has 1 aliphatic heterocycles. The van der Waals surface area contributed by atoms with E-state index in [9.17, 15) is 4.79 Å². The molecule has 0 amide bonds. The maximum absolute atomic E-state index is 12.1. The molecule has 0 N–H and O–H groups in total. The van der Waals surface area contributed by atoms with E-state index < -0.39 is 0 Å². The Labute approximate surface area is 131 Å². The number of carbonyl (C=O) groups is 1. The van der Waals surface area contributed by atoms with Gasteiger partial charge in [0.05, 0.1) is 6.61 Å². The molecule has 0 unspecified atom stereocenters. The Balaban J connectivity index is 2.21. The summed E-state index contributed by atoms with van der Waals surface area (Å²) in [6.07, 6.45) is 0.676. The Hall–Kier alpha value is -2.35. The van der Waals surface area contributed by atoms with Crippen molar-refractivity contribution in [2.45, 2.75) is 27.2 Å².